The van der Waals surface area contributed by atoms with E-state index in [9.17, 15) is 38.4 Å². The minimum Gasteiger partial charge on any atom is -0.465 e. The van der Waals surface area contributed by atoms with Crippen LogP contribution in [0.1, 0.15) is 79.0 Å². The number of ether oxygens (including phenoxy) is 8. The van der Waals surface area contributed by atoms with Crippen molar-refractivity contribution in [3.05, 3.63) is 60.2 Å². The van der Waals surface area contributed by atoms with Gasteiger partial charge in [-0.3, -0.25) is 24.0 Å². The second-order valence-electron chi connectivity index (χ2n) is 13.0. The minimum atomic E-state index is -0.830. The van der Waals surface area contributed by atoms with Crippen LogP contribution < -0.4 is 18.9 Å². The first-order chi connectivity index (χ1) is 26.4. The van der Waals surface area contributed by atoms with E-state index in [1.165, 1.54) is 36.4 Å². The Hall–Kier alpha value is -6.06. The van der Waals surface area contributed by atoms with Gasteiger partial charge in [0.1, 0.15) is 46.8 Å². The van der Waals surface area contributed by atoms with Gasteiger partial charge in [0.15, 0.2) is 0 Å². The molecule has 2 aliphatic rings. The van der Waals surface area contributed by atoms with Gasteiger partial charge in [-0.1, -0.05) is 6.58 Å². The van der Waals surface area contributed by atoms with E-state index in [-0.39, 0.29) is 47.2 Å². The molecule has 2 saturated carbocycles. The van der Waals surface area contributed by atoms with Crippen molar-refractivity contribution >= 4 is 48.3 Å². The first-order valence-electron chi connectivity index (χ1n) is 17.6. The normalized spacial score (nSPS) is 19.6. The van der Waals surface area contributed by atoms with Crippen LogP contribution in [0.5, 0.6) is 23.0 Å². The lowest BCUT2D eigenvalue weighted by Gasteiger charge is -2.27. The largest absolute Gasteiger partial charge is 0.465 e. The van der Waals surface area contributed by atoms with Crippen molar-refractivity contribution in [1.82, 2.24) is 0 Å². The van der Waals surface area contributed by atoms with E-state index in [0.717, 1.165) is 20.3 Å². The molecule has 0 aliphatic heterocycles. The number of esters is 7. The molecule has 2 aromatic carbocycles. The molecule has 2 aliphatic carbocycles. The van der Waals surface area contributed by atoms with Crippen LogP contribution in [-0.2, 0) is 47.7 Å². The van der Waals surface area contributed by atoms with Gasteiger partial charge in [0.25, 0.3) is 6.47 Å². The second kappa shape index (κ2) is 19.9. The van der Waals surface area contributed by atoms with Gasteiger partial charge in [-0.2, -0.15) is 0 Å². The molecule has 16 nitrogen and oxygen atoms in total. The third-order valence-electron chi connectivity index (χ3n) is 9.27. The van der Waals surface area contributed by atoms with Crippen LogP contribution >= 0.6 is 0 Å². The maximum atomic E-state index is 13.1. The number of carbonyl (C=O) groups excluding carboxylic acids is 8. The molecule has 0 radical (unpaired) electrons. The van der Waals surface area contributed by atoms with Crippen LogP contribution in [0.25, 0.3) is 0 Å². The summed E-state index contributed by atoms with van der Waals surface area (Å²) in [6.45, 7) is 4.94. The highest BCUT2D eigenvalue weighted by Gasteiger charge is 2.35. The molecule has 0 amide bonds. The number of hydrogen-bond donors (Lipinski definition) is 0. The zero-order chi connectivity index (χ0) is 40.1. The number of hydrogen-bond acceptors (Lipinski definition) is 16. The molecule has 0 saturated heterocycles. The molecule has 16 heteroatoms. The van der Waals surface area contributed by atoms with Gasteiger partial charge < -0.3 is 37.9 Å². The monoisotopic (exact) mass is 766 g/mol. The summed E-state index contributed by atoms with van der Waals surface area (Å²) < 4.78 is 41.2. The Morgan fingerprint density at radius 1 is 0.655 bits per heavy atom. The molecular weight excluding hydrogens is 724 g/mol. The van der Waals surface area contributed by atoms with Gasteiger partial charge in [0, 0.05) is 6.08 Å². The van der Waals surface area contributed by atoms with Crippen LogP contribution in [0.15, 0.2) is 49.1 Å². The molecule has 2 aromatic rings. The lowest BCUT2D eigenvalue weighted by Crippen LogP contribution is -2.32. The Kier molecular flexibility index (Phi) is 15.1. The lowest BCUT2D eigenvalue weighted by molar-refractivity contribution is -0.161. The van der Waals surface area contributed by atoms with E-state index >= 15 is 0 Å². The molecule has 2 fully saturated rings. The Morgan fingerprint density at radius 3 is 1.51 bits per heavy atom. The fourth-order valence-electron chi connectivity index (χ4n) is 6.23. The van der Waals surface area contributed by atoms with Crippen molar-refractivity contribution in [1.29, 1.82) is 0 Å². The van der Waals surface area contributed by atoms with Gasteiger partial charge in [-0.05, 0) is 94.7 Å². The molecule has 0 N–H and O–H groups in total. The third-order valence-corrected chi connectivity index (χ3v) is 9.27. The molecule has 0 spiro atoms. The fraction of sp³-hybridized carbons (Fsp3) is 0.436. The van der Waals surface area contributed by atoms with E-state index in [1.54, 1.807) is 6.92 Å². The predicted molar refractivity (Wildman–Crippen MR) is 187 cm³/mol. The number of benzene rings is 2. The number of rotatable bonds is 15. The van der Waals surface area contributed by atoms with Crippen molar-refractivity contribution in [3.63, 3.8) is 0 Å². The molecule has 4 rings (SSSR count). The average molecular weight is 767 g/mol. The third kappa shape index (κ3) is 11.5. The molecule has 1 unspecified atom stereocenters. The van der Waals surface area contributed by atoms with Crippen LogP contribution in [-0.4, -0.2) is 75.2 Å². The number of carbonyl (C=O) groups is 8. The highest BCUT2D eigenvalue weighted by molar-refractivity contribution is 5.95. The van der Waals surface area contributed by atoms with Gasteiger partial charge in [-0.15, -0.1) is 0 Å². The predicted octanol–water partition coefficient (Wildman–Crippen LogP) is 4.49. The van der Waals surface area contributed by atoms with E-state index in [1.807, 2.05) is 0 Å². The summed E-state index contributed by atoms with van der Waals surface area (Å²) in [5, 5.41) is 0. The van der Waals surface area contributed by atoms with Crippen LogP contribution in [0, 0.1) is 23.7 Å². The molecule has 0 bridgehead atoms. The second-order valence-corrected chi connectivity index (χ2v) is 13.0. The van der Waals surface area contributed by atoms with Gasteiger partial charge in [0.2, 0.25) is 0 Å². The number of methoxy groups -OCH3 is 2. The summed E-state index contributed by atoms with van der Waals surface area (Å²) in [5.41, 5.74) is -0.247. The zero-order valence-corrected chi connectivity index (χ0v) is 30.6. The summed E-state index contributed by atoms with van der Waals surface area (Å²) in [4.78, 5) is 98.4. The molecule has 0 heterocycles. The Labute approximate surface area is 316 Å². The fourth-order valence-corrected chi connectivity index (χ4v) is 6.23. The Bertz CT molecular complexity index is 1780. The molecule has 55 heavy (non-hydrogen) atoms. The maximum Gasteiger partial charge on any atom is 0.341 e. The van der Waals surface area contributed by atoms with E-state index in [2.05, 4.69) is 11.3 Å². The standard InChI is InChI=1S/C39H42O16/c1-5-33(41)50-20-22(2)52-34(42)23-6-12-26(13-7-23)37(45)55-32-17-15-28(19-30(32)39(47)49-4)54-36(44)25-10-8-24(9-11-25)35(43)53-27-14-16-31(51-21-40)29(18-27)38(46)48-3/h5,14-19,21-26H,1,6-13,20H2,2-4H3. The SMILES string of the molecule is C=CC(=O)OCC(C)OC(=O)C1CCC(C(=O)Oc2ccc(OC(=O)C3CCC(C(=O)Oc4ccc(OC=O)c(C(=O)OC)c4)CC3)cc2C(=O)OC)CC1. The average Bonchev–Trinajstić information content (AvgIpc) is 3.20. The van der Waals surface area contributed by atoms with Gasteiger partial charge in [0.05, 0.1) is 37.9 Å². The highest BCUT2D eigenvalue weighted by Crippen LogP contribution is 2.35. The van der Waals surface area contributed by atoms with Crippen LogP contribution in [0.3, 0.4) is 0 Å². The van der Waals surface area contributed by atoms with Crippen molar-refractivity contribution in [2.45, 2.75) is 64.4 Å². The molecule has 294 valence electrons. The Morgan fingerprint density at radius 2 is 1.07 bits per heavy atom. The first-order valence-corrected chi connectivity index (χ1v) is 17.6. The van der Waals surface area contributed by atoms with Crippen molar-refractivity contribution in [3.8, 4) is 23.0 Å². The zero-order valence-electron chi connectivity index (χ0n) is 30.6. The van der Waals surface area contributed by atoms with Gasteiger partial charge in [-0.25, -0.2) is 14.4 Å². The molecule has 1 atom stereocenters. The highest BCUT2D eigenvalue weighted by atomic mass is 16.6. The van der Waals surface area contributed by atoms with Crippen LogP contribution in [0.2, 0.25) is 0 Å². The van der Waals surface area contributed by atoms with Crippen molar-refractivity contribution in [2.24, 2.45) is 23.7 Å². The molecule has 0 aromatic heterocycles. The lowest BCUT2D eigenvalue weighted by atomic mass is 9.82. The summed E-state index contributed by atoms with van der Waals surface area (Å²) in [6, 6.07) is 7.83. The summed E-state index contributed by atoms with van der Waals surface area (Å²) in [5.74, 6) is -6.63. The quantitative estimate of drug-likeness (QED) is 0.0804. The summed E-state index contributed by atoms with van der Waals surface area (Å²) >= 11 is 0. The minimum absolute atomic E-state index is 0.0163. The van der Waals surface area contributed by atoms with Crippen LogP contribution in [0.4, 0.5) is 0 Å². The molecular formula is C39H42O16. The maximum absolute atomic E-state index is 13.1. The summed E-state index contributed by atoms with van der Waals surface area (Å²) in [7, 11) is 2.30. The van der Waals surface area contributed by atoms with Crippen molar-refractivity contribution < 1.29 is 76.3 Å². The van der Waals surface area contributed by atoms with E-state index < -0.39 is 71.6 Å². The first kappa shape index (κ1) is 41.7. The smallest absolute Gasteiger partial charge is 0.341 e. The van der Waals surface area contributed by atoms with Crippen molar-refractivity contribution in [2.75, 3.05) is 20.8 Å². The van der Waals surface area contributed by atoms with Gasteiger partial charge >= 0.3 is 41.8 Å². The topological polar surface area (TPSA) is 210 Å². The van der Waals surface area contributed by atoms with E-state index in [4.69, 9.17) is 33.2 Å². The summed E-state index contributed by atoms with van der Waals surface area (Å²) in [6.07, 6.45) is 3.00. The van der Waals surface area contributed by atoms with E-state index in [0.29, 0.717) is 51.4 Å². The Balaban J connectivity index is 1.28.